The van der Waals surface area contributed by atoms with Crippen LogP contribution in [-0.4, -0.2) is 54.4 Å². The molecular weight excluding hydrogens is 400 g/mol. The van der Waals surface area contributed by atoms with E-state index >= 15 is 0 Å². The highest BCUT2D eigenvalue weighted by Crippen LogP contribution is 2.37. The molecule has 6 nitrogen and oxygen atoms in total. The van der Waals surface area contributed by atoms with Crippen LogP contribution in [0.4, 0.5) is 10.5 Å². The van der Waals surface area contributed by atoms with Crippen molar-refractivity contribution in [3.05, 3.63) is 90.0 Å². The fourth-order valence-electron chi connectivity index (χ4n) is 4.10. The average molecular weight is 427 g/mol. The average Bonchev–Trinajstić information content (AvgIpc) is 3.01. The van der Waals surface area contributed by atoms with E-state index in [9.17, 15) is 4.79 Å². The van der Waals surface area contributed by atoms with Gasteiger partial charge in [0.25, 0.3) is 0 Å². The fraction of sp³-hybridized carbons (Fsp3) is 0.231. The maximum absolute atomic E-state index is 12.6. The minimum absolute atomic E-state index is 0.00235. The molecule has 1 N–H and O–H groups in total. The molecule has 0 spiro atoms. The zero-order valence-corrected chi connectivity index (χ0v) is 17.9. The van der Waals surface area contributed by atoms with Gasteiger partial charge < -0.3 is 19.9 Å². The number of nitrogens with one attached hydrogen (secondary N) is 1. The zero-order chi connectivity index (χ0) is 21.8. The molecule has 2 aliphatic rings. The molecular formula is C26H26N4O2. The lowest BCUT2D eigenvalue weighted by Crippen LogP contribution is -2.53. The number of nitrogens with zero attached hydrogens (tertiary/aromatic N) is 3. The van der Waals surface area contributed by atoms with Gasteiger partial charge in [0.1, 0.15) is 17.3 Å². The summed E-state index contributed by atoms with van der Waals surface area (Å²) in [5.41, 5.74) is 3.02. The minimum Gasteiger partial charge on any atom is -0.454 e. The van der Waals surface area contributed by atoms with E-state index in [0.717, 1.165) is 48.1 Å². The minimum atomic E-state index is -0.00235. The fourth-order valence-corrected chi connectivity index (χ4v) is 4.10. The van der Waals surface area contributed by atoms with Gasteiger partial charge in [-0.15, -0.1) is 0 Å². The summed E-state index contributed by atoms with van der Waals surface area (Å²) >= 11 is 0. The van der Waals surface area contributed by atoms with Gasteiger partial charge in [0.2, 0.25) is 0 Å². The van der Waals surface area contributed by atoms with Crippen LogP contribution in [0.5, 0.6) is 11.5 Å². The van der Waals surface area contributed by atoms with Gasteiger partial charge in [-0.05, 0) is 36.2 Å². The number of hydrogen-bond donors (Lipinski definition) is 1. The molecule has 0 atom stereocenters. The van der Waals surface area contributed by atoms with Crippen molar-refractivity contribution >= 4 is 17.6 Å². The van der Waals surface area contributed by atoms with Gasteiger partial charge in [0.15, 0.2) is 5.75 Å². The number of carbonyl (C=O) groups excluding carboxylic acids is 1. The van der Waals surface area contributed by atoms with Crippen LogP contribution in [0.1, 0.15) is 11.1 Å². The molecule has 32 heavy (non-hydrogen) atoms. The predicted molar refractivity (Wildman–Crippen MR) is 126 cm³/mol. The number of aliphatic imine (C=N–C) groups is 1. The Morgan fingerprint density at radius 1 is 0.844 bits per heavy atom. The lowest BCUT2D eigenvalue weighted by Gasteiger charge is -2.36. The first-order valence-electron chi connectivity index (χ1n) is 11.0. The molecule has 3 aromatic carbocycles. The summed E-state index contributed by atoms with van der Waals surface area (Å²) in [5, 5.41) is 3.05. The molecule has 5 rings (SSSR count). The van der Waals surface area contributed by atoms with E-state index in [0.29, 0.717) is 19.6 Å². The summed E-state index contributed by atoms with van der Waals surface area (Å²) in [6.45, 7) is 3.39. The van der Waals surface area contributed by atoms with Crippen molar-refractivity contribution in [3.63, 3.8) is 0 Å². The molecule has 0 radical (unpaired) electrons. The van der Waals surface area contributed by atoms with Gasteiger partial charge in [-0.1, -0.05) is 54.6 Å². The number of carbonyl (C=O) groups is 1. The Morgan fingerprint density at radius 2 is 1.53 bits per heavy atom. The molecule has 2 amide bonds. The quantitative estimate of drug-likeness (QED) is 0.674. The molecule has 0 bridgehead atoms. The second-order valence-corrected chi connectivity index (χ2v) is 7.94. The number of piperazine rings is 1. The number of benzene rings is 3. The SMILES string of the molecule is O=C(NCCc1ccccc1)N1CCN(C2=Nc3ccccc3Oc3ccccc32)CC1. The number of para-hydroxylation sites is 3. The number of rotatable bonds is 3. The number of fused-ring (bicyclic) bond motifs is 2. The maximum atomic E-state index is 12.6. The predicted octanol–water partition coefficient (Wildman–Crippen LogP) is 4.44. The monoisotopic (exact) mass is 426 g/mol. The molecule has 0 aliphatic carbocycles. The van der Waals surface area contributed by atoms with Crippen LogP contribution in [0.2, 0.25) is 0 Å². The van der Waals surface area contributed by atoms with Crippen LogP contribution >= 0.6 is 0 Å². The zero-order valence-electron chi connectivity index (χ0n) is 17.9. The Kier molecular flexibility index (Phi) is 5.75. The molecule has 2 aliphatic heterocycles. The Morgan fingerprint density at radius 3 is 2.34 bits per heavy atom. The van der Waals surface area contributed by atoms with Crippen LogP contribution in [0.25, 0.3) is 0 Å². The van der Waals surface area contributed by atoms with Crippen LogP contribution in [0.15, 0.2) is 83.9 Å². The molecule has 0 aromatic heterocycles. The third-order valence-electron chi connectivity index (χ3n) is 5.84. The van der Waals surface area contributed by atoms with E-state index in [2.05, 4.69) is 22.3 Å². The third kappa shape index (κ3) is 4.30. The number of hydrogen-bond acceptors (Lipinski definition) is 4. The second kappa shape index (κ2) is 9.14. The van der Waals surface area contributed by atoms with Crippen LogP contribution in [0, 0.1) is 0 Å². The van der Waals surface area contributed by atoms with Crippen molar-refractivity contribution in [2.45, 2.75) is 6.42 Å². The molecule has 0 saturated carbocycles. The van der Waals surface area contributed by atoms with E-state index in [4.69, 9.17) is 9.73 Å². The summed E-state index contributed by atoms with van der Waals surface area (Å²) in [4.78, 5) is 21.7. The number of urea groups is 1. The summed E-state index contributed by atoms with van der Waals surface area (Å²) in [5.74, 6) is 2.46. The van der Waals surface area contributed by atoms with E-state index < -0.39 is 0 Å². The normalized spacial score (nSPS) is 15.1. The molecule has 2 heterocycles. The van der Waals surface area contributed by atoms with Gasteiger partial charge >= 0.3 is 6.03 Å². The van der Waals surface area contributed by atoms with Crippen molar-refractivity contribution < 1.29 is 9.53 Å². The molecule has 3 aromatic rings. The Bertz CT molecular complexity index is 1120. The van der Waals surface area contributed by atoms with Crippen molar-refractivity contribution in [3.8, 4) is 11.5 Å². The van der Waals surface area contributed by atoms with Crippen LogP contribution in [-0.2, 0) is 6.42 Å². The van der Waals surface area contributed by atoms with Gasteiger partial charge in [-0.3, -0.25) is 0 Å². The largest absolute Gasteiger partial charge is 0.454 e. The first-order valence-corrected chi connectivity index (χ1v) is 11.0. The highest BCUT2D eigenvalue weighted by atomic mass is 16.5. The Hall–Kier alpha value is -3.80. The van der Waals surface area contributed by atoms with E-state index in [1.807, 2.05) is 71.6 Å². The second-order valence-electron chi connectivity index (χ2n) is 7.94. The number of amidine groups is 1. The molecule has 1 saturated heterocycles. The van der Waals surface area contributed by atoms with Gasteiger partial charge in [0.05, 0.1) is 5.56 Å². The summed E-state index contributed by atoms with van der Waals surface area (Å²) in [6.07, 6.45) is 0.833. The lowest BCUT2D eigenvalue weighted by atomic mass is 10.1. The molecule has 0 unspecified atom stereocenters. The molecule has 1 fully saturated rings. The van der Waals surface area contributed by atoms with Crippen molar-refractivity contribution in [2.75, 3.05) is 32.7 Å². The first-order chi connectivity index (χ1) is 15.8. The summed E-state index contributed by atoms with van der Waals surface area (Å²) in [7, 11) is 0. The van der Waals surface area contributed by atoms with E-state index in [-0.39, 0.29) is 6.03 Å². The third-order valence-corrected chi connectivity index (χ3v) is 5.84. The lowest BCUT2D eigenvalue weighted by molar-refractivity contribution is 0.170. The van der Waals surface area contributed by atoms with Crippen LogP contribution < -0.4 is 10.1 Å². The molecule has 162 valence electrons. The van der Waals surface area contributed by atoms with Gasteiger partial charge in [-0.2, -0.15) is 0 Å². The van der Waals surface area contributed by atoms with Gasteiger partial charge in [0, 0.05) is 32.7 Å². The maximum Gasteiger partial charge on any atom is 0.317 e. The first kappa shape index (κ1) is 20.1. The summed E-state index contributed by atoms with van der Waals surface area (Å²) < 4.78 is 6.15. The van der Waals surface area contributed by atoms with E-state index in [1.165, 1.54) is 5.56 Å². The Balaban J connectivity index is 1.24. The van der Waals surface area contributed by atoms with Crippen molar-refractivity contribution in [2.24, 2.45) is 4.99 Å². The standard InChI is InChI=1S/C26H26N4O2/c31-26(27-15-14-20-8-2-1-3-9-20)30-18-16-29(17-19-30)25-21-10-4-6-12-23(21)32-24-13-7-5-11-22(24)28-25/h1-13H,14-19H2,(H,27,31). The Labute approximate surface area is 188 Å². The highest BCUT2D eigenvalue weighted by Gasteiger charge is 2.27. The van der Waals surface area contributed by atoms with E-state index in [1.54, 1.807) is 0 Å². The van der Waals surface area contributed by atoms with Crippen molar-refractivity contribution in [1.82, 2.24) is 15.1 Å². The highest BCUT2D eigenvalue weighted by molar-refractivity contribution is 6.03. The smallest absolute Gasteiger partial charge is 0.317 e. The molecule has 6 heteroatoms. The van der Waals surface area contributed by atoms with Crippen molar-refractivity contribution in [1.29, 1.82) is 0 Å². The van der Waals surface area contributed by atoms with Gasteiger partial charge in [-0.25, -0.2) is 9.79 Å². The summed E-state index contributed by atoms with van der Waals surface area (Å²) in [6, 6.07) is 26.0. The van der Waals surface area contributed by atoms with Crippen LogP contribution in [0.3, 0.4) is 0 Å². The topological polar surface area (TPSA) is 57.2 Å². The number of amides is 2. The number of ether oxygens (including phenoxy) is 1.